The van der Waals surface area contributed by atoms with Crippen molar-refractivity contribution in [2.45, 2.75) is 19.9 Å². The molecule has 0 atom stereocenters. The highest BCUT2D eigenvalue weighted by Crippen LogP contribution is 2.22. The van der Waals surface area contributed by atoms with E-state index in [9.17, 15) is 4.79 Å². The number of benzene rings is 1. The molecule has 0 saturated carbocycles. The summed E-state index contributed by atoms with van der Waals surface area (Å²) in [6, 6.07) is 11.6. The van der Waals surface area contributed by atoms with E-state index in [4.69, 9.17) is 4.74 Å². The average molecular weight is 304 g/mol. The summed E-state index contributed by atoms with van der Waals surface area (Å²) in [5.74, 6) is 0.587. The minimum atomic E-state index is -0.0771. The van der Waals surface area contributed by atoms with Crippen LogP contribution in [0.25, 0.3) is 0 Å². The number of carbonyl (C=O) groups excluding carboxylic acids is 1. The van der Waals surface area contributed by atoms with Gasteiger partial charge in [-0.1, -0.05) is 19.1 Å². The third-order valence-electron chi connectivity index (χ3n) is 3.03. The van der Waals surface area contributed by atoms with Crippen molar-refractivity contribution in [1.29, 1.82) is 0 Å². The van der Waals surface area contributed by atoms with Crippen molar-refractivity contribution in [2.75, 3.05) is 19.0 Å². The fourth-order valence-corrected chi connectivity index (χ4v) is 2.88. The van der Waals surface area contributed by atoms with Crippen molar-refractivity contribution in [1.82, 2.24) is 5.32 Å². The number of anilines is 1. The van der Waals surface area contributed by atoms with Crippen molar-refractivity contribution in [3.05, 3.63) is 46.2 Å². The van der Waals surface area contributed by atoms with E-state index in [2.05, 4.69) is 29.7 Å². The van der Waals surface area contributed by atoms with Crippen LogP contribution < -0.4 is 15.4 Å². The molecule has 1 aromatic carbocycles. The lowest BCUT2D eigenvalue weighted by Gasteiger charge is -2.10. The molecule has 0 unspecified atom stereocenters. The van der Waals surface area contributed by atoms with Crippen LogP contribution in [-0.2, 0) is 17.8 Å². The molecule has 0 spiro atoms. The van der Waals surface area contributed by atoms with E-state index in [1.807, 2.05) is 24.3 Å². The topological polar surface area (TPSA) is 50.4 Å². The van der Waals surface area contributed by atoms with E-state index in [-0.39, 0.29) is 12.5 Å². The van der Waals surface area contributed by atoms with Gasteiger partial charge in [0.2, 0.25) is 5.91 Å². The van der Waals surface area contributed by atoms with E-state index in [0.29, 0.717) is 18.0 Å². The van der Waals surface area contributed by atoms with E-state index in [1.165, 1.54) is 9.75 Å². The second-order valence-electron chi connectivity index (χ2n) is 4.57. The van der Waals surface area contributed by atoms with Gasteiger partial charge in [0.05, 0.1) is 19.3 Å². The summed E-state index contributed by atoms with van der Waals surface area (Å²) in [6.07, 6.45) is 1.05. The molecule has 0 aliphatic heterocycles. The summed E-state index contributed by atoms with van der Waals surface area (Å²) in [5, 5.41) is 6.00. The molecular formula is C16H20N2O2S. The molecule has 2 rings (SSSR count). The fourth-order valence-electron chi connectivity index (χ4n) is 1.95. The van der Waals surface area contributed by atoms with Crippen LogP contribution in [0.1, 0.15) is 16.7 Å². The van der Waals surface area contributed by atoms with E-state index in [0.717, 1.165) is 6.42 Å². The number of para-hydroxylation sites is 2. The summed E-state index contributed by atoms with van der Waals surface area (Å²) in [7, 11) is 1.59. The minimum Gasteiger partial charge on any atom is -0.495 e. The number of ether oxygens (including phenoxy) is 1. The summed E-state index contributed by atoms with van der Waals surface area (Å²) in [4.78, 5) is 14.5. The standard InChI is InChI=1S/C16H20N2O2S/c1-3-12-8-9-13(21-12)10-17-11-16(19)18-14-6-4-5-7-15(14)20-2/h4-9,17H,3,10-11H2,1-2H3,(H,18,19). The summed E-state index contributed by atoms with van der Waals surface area (Å²) in [5.41, 5.74) is 0.691. The third-order valence-corrected chi connectivity index (χ3v) is 4.26. The Morgan fingerprint density at radius 2 is 1.95 bits per heavy atom. The van der Waals surface area contributed by atoms with E-state index in [1.54, 1.807) is 18.4 Å². The van der Waals surface area contributed by atoms with Gasteiger partial charge in [0.15, 0.2) is 0 Å². The van der Waals surface area contributed by atoms with Crippen LogP contribution in [0, 0.1) is 0 Å². The van der Waals surface area contributed by atoms with Gasteiger partial charge < -0.3 is 15.4 Å². The zero-order valence-electron chi connectivity index (χ0n) is 12.3. The van der Waals surface area contributed by atoms with Gasteiger partial charge in [-0.25, -0.2) is 0 Å². The van der Waals surface area contributed by atoms with Crippen LogP contribution in [0.4, 0.5) is 5.69 Å². The molecule has 112 valence electrons. The molecule has 1 aromatic heterocycles. The van der Waals surface area contributed by atoms with Crippen LogP contribution in [0.2, 0.25) is 0 Å². The first-order valence-electron chi connectivity index (χ1n) is 6.94. The average Bonchev–Trinajstić information content (AvgIpc) is 2.96. The van der Waals surface area contributed by atoms with Crippen molar-refractivity contribution < 1.29 is 9.53 Å². The number of hydrogen-bond donors (Lipinski definition) is 2. The lowest BCUT2D eigenvalue weighted by molar-refractivity contribution is -0.115. The van der Waals surface area contributed by atoms with Crippen molar-refractivity contribution in [3.8, 4) is 5.75 Å². The van der Waals surface area contributed by atoms with Crippen molar-refractivity contribution in [2.24, 2.45) is 0 Å². The Morgan fingerprint density at radius 1 is 1.19 bits per heavy atom. The summed E-state index contributed by atoms with van der Waals surface area (Å²) >= 11 is 1.78. The largest absolute Gasteiger partial charge is 0.495 e. The molecule has 0 saturated heterocycles. The number of methoxy groups -OCH3 is 1. The molecule has 2 N–H and O–H groups in total. The predicted molar refractivity (Wildman–Crippen MR) is 87.0 cm³/mol. The SMILES string of the molecule is CCc1ccc(CNCC(=O)Nc2ccccc2OC)s1. The van der Waals surface area contributed by atoms with Crippen LogP contribution >= 0.6 is 11.3 Å². The van der Waals surface area contributed by atoms with Crippen LogP contribution in [0.5, 0.6) is 5.75 Å². The molecule has 5 heteroatoms. The third kappa shape index (κ3) is 4.58. The zero-order chi connectivity index (χ0) is 15.1. The fraction of sp³-hybridized carbons (Fsp3) is 0.312. The van der Waals surface area contributed by atoms with Crippen LogP contribution in [0.3, 0.4) is 0 Å². The molecule has 0 radical (unpaired) electrons. The van der Waals surface area contributed by atoms with Gasteiger partial charge in [0, 0.05) is 16.3 Å². The predicted octanol–water partition coefficient (Wildman–Crippen LogP) is 3.05. The zero-order valence-corrected chi connectivity index (χ0v) is 13.1. The molecule has 4 nitrogen and oxygen atoms in total. The number of hydrogen-bond acceptors (Lipinski definition) is 4. The first kappa shape index (κ1) is 15.5. The number of nitrogens with one attached hydrogen (secondary N) is 2. The van der Waals surface area contributed by atoms with Gasteiger partial charge in [-0.2, -0.15) is 0 Å². The molecule has 0 aliphatic rings. The van der Waals surface area contributed by atoms with Crippen molar-refractivity contribution in [3.63, 3.8) is 0 Å². The minimum absolute atomic E-state index is 0.0771. The number of aryl methyl sites for hydroxylation is 1. The summed E-state index contributed by atoms with van der Waals surface area (Å²) < 4.78 is 5.20. The highest BCUT2D eigenvalue weighted by atomic mass is 32.1. The molecule has 0 bridgehead atoms. The van der Waals surface area contributed by atoms with Gasteiger partial charge in [0.25, 0.3) is 0 Å². The van der Waals surface area contributed by atoms with Gasteiger partial charge in [-0.05, 0) is 30.7 Å². The number of amides is 1. The molecule has 0 fully saturated rings. The second kappa shape index (κ2) is 7.81. The van der Waals surface area contributed by atoms with Gasteiger partial charge >= 0.3 is 0 Å². The maximum atomic E-state index is 11.9. The monoisotopic (exact) mass is 304 g/mol. The number of thiophene rings is 1. The second-order valence-corrected chi connectivity index (χ2v) is 5.83. The van der Waals surface area contributed by atoms with Crippen LogP contribution in [-0.4, -0.2) is 19.6 Å². The number of rotatable bonds is 7. The first-order chi connectivity index (χ1) is 10.2. The molecule has 0 aliphatic carbocycles. The summed E-state index contributed by atoms with van der Waals surface area (Å²) in [6.45, 7) is 3.13. The maximum absolute atomic E-state index is 11.9. The first-order valence-corrected chi connectivity index (χ1v) is 7.75. The van der Waals surface area contributed by atoms with Gasteiger partial charge in [-0.3, -0.25) is 4.79 Å². The Balaban J connectivity index is 1.79. The Morgan fingerprint density at radius 3 is 2.67 bits per heavy atom. The van der Waals surface area contributed by atoms with E-state index >= 15 is 0 Å². The Bertz CT molecular complexity index is 595. The highest BCUT2D eigenvalue weighted by molar-refractivity contribution is 7.11. The van der Waals surface area contributed by atoms with Gasteiger partial charge in [0.1, 0.15) is 5.75 Å². The Kier molecular flexibility index (Phi) is 5.78. The van der Waals surface area contributed by atoms with Crippen LogP contribution in [0.15, 0.2) is 36.4 Å². The molecule has 21 heavy (non-hydrogen) atoms. The Hall–Kier alpha value is -1.85. The number of carbonyl (C=O) groups is 1. The van der Waals surface area contributed by atoms with E-state index < -0.39 is 0 Å². The maximum Gasteiger partial charge on any atom is 0.238 e. The molecule has 1 amide bonds. The van der Waals surface area contributed by atoms with Crippen molar-refractivity contribution >= 4 is 22.9 Å². The van der Waals surface area contributed by atoms with Gasteiger partial charge in [-0.15, -0.1) is 11.3 Å². The Labute approximate surface area is 129 Å². The lowest BCUT2D eigenvalue weighted by atomic mass is 10.3. The molecule has 1 heterocycles. The molecular weight excluding hydrogens is 284 g/mol. The molecule has 2 aromatic rings. The lowest BCUT2D eigenvalue weighted by Crippen LogP contribution is -2.27. The quantitative estimate of drug-likeness (QED) is 0.826. The highest BCUT2D eigenvalue weighted by Gasteiger charge is 2.06. The smallest absolute Gasteiger partial charge is 0.238 e. The normalized spacial score (nSPS) is 10.4.